The number of ether oxygens (including phenoxy) is 1. The van der Waals surface area contributed by atoms with E-state index >= 15 is 0 Å². The lowest BCUT2D eigenvalue weighted by molar-refractivity contribution is 0.0460. The number of aromatic nitrogens is 2. The molecule has 9 heteroatoms. The Hall–Kier alpha value is -3.85. The highest BCUT2D eigenvalue weighted by atomic mass is 32.1. The average Bonchev–Trinajstić information content (AvgIpc) is 3.49. The third-order valence-corrected chi connectivity index (χ3v) is 5.27. The van der Waals surface area contributed by atoms with Crippen molar-refractivity contribution in [1.82, 2.24) is 10.1 Å². The summed E-state index contributed by atoms with van der Waals surface area (Å²) in [4.78, 5) is 31.5. The van der Waals surface area contributed by atoms with Crippen LogP contribution in [0.15, 0.2) is 70.6 Å². The van der Waals surface area contributed by atoms with Crippen molar-refractivity contribution in [3.8, 4) is 11.5 Å². The molecule has 1 amide bonds. The average molecular weight is 437 g/mol. The van der Waals surface area contributed by atoms with Crippen molar-refractivity contribution < 1.29 is 23.2 Å². The van der Waals surface area contributed by atoms with E-state index in [1.807, 2.05) is 5.38 Å². The number of benzene rings is 2. The summed E-state index contributed by atoms with van der Waals surface area (Å²) >= 11 is 1.32. The molecule has 7 nitrogen and oxygen atoms in total. The lowest BCUT2D eigenvalue weighted by atomic mass is 10.1. The summed E-state index contributed by atoms with van der Waals surface area (Å²) in [5, 5.41) is 5.59. The number of esters is 1. The van der Waals surface area contributed by atoms with E-state index in [9.17, 15) is 14.0 Å². The van der Waals surface area contributed by atoms with Crippen LogP contribution in [0.1, 0.15) is 25.9 Å². The number of anilines is 1. The smallest absolute Gasteiger partial charge is 0.340 e. The maximum atomic E-state index is 13.0. The molecule has 2 heterocycles. The van der Waals surface area contributed by atoms with Crippen LogP contribution < -0.4 is 4.90 Å². The molecule has 0 atom stereocenters. The number of para-hydroxylation sites is 1. The van der Waals surface area contributed by atoms with Crippen molar-refractivity contribution in [3.05, 3.63) is 88.1 Å². The van der Waals surface area contributed by atoms with Crippen LogP contribution in [0.4, 0.5) is 10.1 Å². The Morgan fingerprint density at radius 3 is 2.61 bits per heavy atom. The molecule has 0 aliphatic carbocycles. The van der Waals surface area contributed by atoms with Gasteiger partial charge in [-0.1, -0.05) is 23.4 Å². The van der Waals surface area contributed by atoms with E-state index in [2.05, 4.69) is 10.1 Å². The number of nitrogens with zero attached hydrogens (tertiary/aromatic N) is 3. The Balaban J connectivity index is 1.46. The van der Waals surface area contributed by atoms with E-state index in [-0.39, 0.29) is 35.6 Å². The topological polar surface area (TPSA) is 85.5 Å². The van der Waals surface area contributed by atoms with Gasteiger partial charge in [-0.05, 0) is 47.8 Å². The van der Waals surface area contributed by atoms with E-state index in [4.69, 9.17) is 9.26 Å². The molecule has 0 unspecified atom stereocenters. The van der Waals surface area contributed by atoms with Crippen molar-refractivity contribution in [2.45, 2.75) is 6.61 Å². The lowest BCUT2D eigenvalue weighted by Gasteiger charge is -2.19. The highest BCUT2D eigenvalue weighted by Crippen LogP contribution is 2.24. The number of carbonyl (C=O) groups excluding carboxylic acids is 2. The number of thiophene rings is 1. The number of hydrogen-bond donors (Lipinski definition) is 0. The molecule has 2 aromatic heterocycles. The van der Waals surface area contributed by atoms with Crippen LogP contribution >= 0.6 is 11.3 Å². The van der Waals surface area contributed by atoms with Gasteiger partial charge < -0.3 is 14.2 Å². The van der Waals surface area contributed by atoms with Crippen LogP contribution in [0.5, 0.6) is 0 Å². The molecule has 4 rings (SSSR count). The number of halogens is 1. The van der Waals surface area contributed by atoms with Crippen molar-refractivity contribution in [1.29, 1.82) is 0 Å². The Labute approximate surface area is 180 Å². The molecule has 0 saturated carbocycles. The Kier molecular flexibility index (Phi) is 5.85. The van der Waals surface area contributed by atoms with Gasteiger partial charge in [0.2, 0.25) is 5.82 Å². The summed E-state index contributed by atoms with van der Waals surface area (Å²) in [7, 11) is 1.60. The molecule has 156 valence electrons. The van der Waals surface area contributed by atoms with Crippen molar-refractivity contribution >= 4 is 28.9 Å². The first-order chi connectivity index (χ1) is 15.0. The fourth-order valence-corrected chi connectivity index (χ4v) is 3.54. The zero-order chi connectivity index (χ0) is 21.8. The Bertz CT molecular complexity index is 1210. The van der Waals surface area contributed by atoms with Gasteiger partial charge in [0.25, 0.3) is 11.8 Å². The van der Waals surface area contributed by atoms with Crippen molar-refractivity contribution in [2.75, 3.05) is 11.9 Å². The van der Waals surface area contributed by atoms with Crippen LogP contribution in [0.3, 0.4) is 0 Å². The zero-order valence-corrected chi connectivity index (χ0v) is 17.1. The molecule has 0 N–H and O–H groups in total. The largest absolute Gasteiger partial charge is 0.454 e. The minimum Gasteiger partial charge on any atom is -0.454 e. The van der Waals surface area contributed by atoms with E-state index in [1.54, 1.807) is 43.4 Å². The number of amides is 1. The number of carbonyl (C=O) groups is 2. The van der Waals surface area contributed by atoms with E-state index in [0.29, 0.717) is 16.1 Å². The number of rotatable bonds is 6. The van der Waals surface area contributed by atoms with Gasteiger partial charge in [0.1, 0.15) is 5.82 Å². The first-order valence-electron chi connectivity index (χ1n) is 9.19. The summed E-state index contributed by atoms with van der Waals surface area (Å²) in [5.74, 6) is -0.883. The highest BCUT2D eigenvalue weighted by Gasteiger charge is 2.21. The molecule has 0 radical (unpaired) electrons. The Morgan fingerprint density at radius 2 is 1.87 bits per heavy atom. The molecule has 4 aromatic rings. The third kappa shape index (κ3) is 4.51. The second kappa shape index (κ2) is 8.88. The van der Waals surface area contributed by atoms with Crippen LogP contribution in [0, 0.1) is 5.82 Å². The normalized spacial score (nSPS) is 10.6. The first kappa shape index (κ1) is 20.4. The highest BCUT2D eigenvalue weighted by molar-refractivity contribution is 7.12. The molecule has 0 bridgehead atoms. The lowest BCUT2D eigenvalue weighted by Crippen LogP contribution is -2.27. The molecule has 0 saturated heterocycles. The summed E-state index contributed by atoms with van der Waals surface area (Å²) in [6, 6.07) is 15.8. The third-order valence-electron chi connectivity index (χ3n) is 4.41. The molecular formula is C22H16FN3O4S. The summed E-state index contributed by atoms with van der Waals surface area (Å²) < 4.78 is 23.5. The van der Waals surface area contributed by atoms with E-state index in [0.717, 1.165) is 0 Å². The minimum absolute atomic E-state index is 0.160. The predicted octanol–water partition coefficient (Wildman–Crippen LogP) is 4.57. The summed E-state index contributed by atoms with van der Waals surface area (Å²) in [6.07, 6.45) is 0. The van der Waals surface area contributed by atoms with Gasteiger partial charge >= 0.3 is 5.97 Å². The van der Waals surface area contributed by atoms with Gasteiger partial charge in [0.05, 0.1) is 16.1 Å². The monoisotopic (exact) mass is 437 g/mol. The maximum Gasteiger partial charge on any atom is 0.340 e. The van der Waals surface area contributed by atoms with Crippen molar-refractivity contribution in [3.63, 3.8) is 0 Å². The van der Waals surface area contributed by atoms with Crippen molar-refractivity contribution in [2.24, 2.45) is 0 Å². The molecule has 0 fully saturated rings. The fourth-order valence-electron chi connectivity index (χ4n) is 2.84. The molecule has 0 aliphatic heterocycles. The van der Waals surface area contributed by atoms with Gasteiger partial charge in [0.15, 0.2) is 6.61 Å². The SMILES string of the molecule is CN(C(=O)c1cccs1)c1ccccc1C(=O)OCc1noc(-c2ccc(F)cc2)n1. The van der Waals surface area contributed by atoms with E-state index < -0.39 is 5.97 Å². The molecular weight excluding hydrogens is 421 g/mol. The molecule has 0 aliphatic rings. The fraction of sp³-hybridized carbons (Fsp3) is 0.0909. The zero-order valence-electron chi connectivity index (χ0n) is 16.3. The van der Waals surface area contributed by atoms with Crippen LogP contribution in [0.25, 0.3) is 11.5 Å². The van der Waals surface area contributed by atoms with Gasteiger partial charge in [-0.2, -0.15) is 4.98 Å². The van der Waals surface area contributed by atoms with Gasteiger partial charge in [-0.15, -0.1) is 11.3 Å². The minimum atomic E-state index is -0.630. The standard InChI is InChI=1S/C22H16FN3O4S/c1-26(21(27)18-7-4-12-31-18)17-6-3-2-5-16(17)22(28)29-13-19-24-20(30-25-19)14-8-10-15(23)11-9-14/h2-12H,13H2,1H3. The van der Waals surface area contributed by atoms with Crippen LogP contribution in [-0.2, 0) is 11.3 Å². The Morgan fingerprint density at radius 1 is 1.10 bits per heavy atom. The maximum absolute atomic E-state index is 13.0. The molecule has 31 heavy (non-hydrogen) atoms. The summed E-state index contributed by atoms with van der Waals surface area (Å²) in [5.41, 5.74) is 1.20. The second-order valence-corrected chi connectivity index (χ2v) is 7.41. The summed E-state index contributed by atoms with van der Waals surface area (Å²) in [6.45, 7) is -0.222. The quantitative estimate of drug-likeness (QED) is 0.411. The number of hydrogen-bond acceptors (Lipinski definition) is 7. The molecule has 0 spiro atoms. The molecule has 2 aromatic carbocycles. The van der Waals surface area contributed by atoms with Gasteiger partial charge in [-0.3, -0.25) is 4.79 Å². The predicted molar refractivity (Wildman–Crippen MR) is 112 cm³/mol. The van der Waals surface area contributed by atoms with Gasteiger partial charge in [0, 0.05) is 12.6 Å². The van der Waals surface area contributed by atoms with E-state index in [1.165, 1.54) is 40.5 Å². The van der Waals surface area contributed by atoms with Gasteiger partial charge in [-0.25, -0.2) is 9.18 Å². The second-order valence-electron chi connectivity index (χ2n) is 6.46. The van der Waals surface area contributed by atoms with Crippen LogP contribution in [0.2, 0.25) is 0 Å². The first-order valence-corrected chi connectivity index (χ1v) is 10.1. The van der Waals surface area contributed by atoms with Crippen LogP contribution in [-0.4, -0.2) is 29.1 Å².